The summed E-state index contributed by atoms with van der Waals surface area (Å²) in [5.74, 6) is 0.406. The van der Waals surface area contributed by atoms with Crippen molar-refractivity contribution in [3.05, 3.63) is 0 Å². The molecule has 0 aliphatic heterocycles. The number of aliphatic hydroxyl groups is 1. The molecule has 0 radical (unpaired) electrons. The van der Waals surface area contributed by atoms with Crippen molar-refractivity contribution in [2.24, 2.45) is 5.92 Å². The number of hydrogen-bond acceptors (Lipinski definition) is 3. The summed E-state index contributed by atoms with van der Waals surface area (Å²) in [6.45, 7) is 4.79. The summed E-state index contributed by atoms with van der Waals surface area (Å²) in [5.41, 5.74) is 0. The number of unbranched alkanes of at least 4 members (excludes halogenated alkanes) is 2. The molecule has 0 bridgehead atoms. The Balaban J connectivity index is 4.04. The van der Waals surface area contributed by atoms with Crippen LogP contribution in [0, 0.1) is 5.92 Å². The molecule has 3 nitrogen and oxygen atoms in total. The maximum atomic E-state index is 12.0. The molecule has 0 rings (SSSR count). The topological polar surface area (TPSA) is 49.3 Å². The standard InChI is InChI=1S/C14H29NO2/c1-4-6-7-9-12(8-5-2)14(17)10-13(16)11-15-3/h12-13,15-16H,4-11H2,1-3H3. The Morgan fingerprint density at radius 2 is 1.88 bits per heavy atom. The summed E-state index contributed by atoms with van der Waals surface area (Å²) in [6.07, 6.45) is 6.30. The normalized spacial score (nSPS) is 14.6. The van der Waals surface area contributed by atoms with Gasteiger partial charge in [-0.3, -0.25) is 4.79 Å². The van der Waals surface area contributed by atoms with Gasteiger partial charge in [0.1, 0.15) is 5.78 Å². The van der Waals surface area contributed by atoms with Crippen molar-refractivity contribution >= 4 is 5.78 Å². The average molecular weight is 243 g/mol. The molecule has 0 fully saturated rings. The van der Waals surface area contributed by atoms with E-state index in [0.29, 0.717) is 13.0 Å². The van der Waals surface area contributed by atoms with Gasteiger partial charge in [-0.2, -0.15) is 0 Å². The Kier molecular flexibility index (Phi) is 10.5. The van der Waals surface area contributed by atoms with Crippen LogP contribution in [-0.2, 0) is 4.79 Å². The van der Waals surface area contributed by atoms with Crippen LogP contribution >= 0.6 is 0 Å². The van der Waals surface area contributed by atoms with E-state index in [4.69, 9.17) is 0 Å². The number of rotatable bonds is 11. The first-order chi connectivity index (χ1) is 8.15. The summed E-state index contributed by atoms with van der Waals surface area (Å²) in [6, 6.07) is 0. The Bertz CT molecular complexity index is 195. The monoisotopic (exact) mass is 243 g/mol. The fourth-order valence-electron chi connectivity index (χ4n) is 2.16. The van der Waals surface area contributed by atoms with E-state index in [0.717, 1.165) is 25.7 Å². The first kappa shape index (κ1) is 16.6. The van der Waals surface area contributed by atoms with Crippen LogP contribution < -0.4 is 5.32 Å². The molecule has 3 heteroatoms. The molecule has 2 N–H and O–H groups in total. The number of aliphatic hydroxyl groups excluding tert-OH is 1. The number of likely N-dealkylation sites (N-methyl/N-ethyl adjacent to an activating group) is 1. The quantitative estimate of drug-likeness (QED) is 0.548. The van der Waals surface area contributed by atoms with Crippen molar-refractivity contribution in [2.75, 3.05) is 13.6 Å². The molecule has 102 valence electrons. The lowest BCUT2D eigenvalue weighted by molar-refractivity contribution is -0.125. The molecular formula is C14H29NO2. The van der Waals surface area contributed by atoms with Gasteiger partial charge in [0.15, 0.2) is 0 Å². The molecule has 0 aliphatic carbocycles. The number of Topliss-reactive ketones (excluding diaryl/α,β-unsaturated/α-hetero) is 1. The fourth-order valence-corrected chi connectivity index (χ4v) is 2.16. The summed E-state index contributed by atoms with van der Waals surface area (Å²) in [4.78, 5) is 12.0. The molecule has 0 spiro atoms. The molecule has 0 saturated carbocycles. The van der Waals surface area contributed by atoms with Crippen molar-refractivity contribution in [3.8, 4) is 0 Å². The molecule has 0 amide bonds. The third-order valence-electron chi connectivity index (χ3n) is 3.13. The highest BCUT2D eigenvalue weighted by Crippen LogP contribution is 2.19. The molecule has 0 aromatic heterocycles. The Morgan fingerprint density at radius 3 is 2.41 bits per heavy atom. The molecule has 0 aliphatic rings. The van der Waals surface area contributed by atoms with Crippen molar-refractivity contribution < 1.29 is 9.90 Å². The number of ketones is 1. The van der Waals surface area contributed by atoms with E-state index in [1.54, 1.807) is 7.05 Å². The van der Waals surface area contributed by atoms with Crippen molar-refractivity contribution in [1.82, 2.24) is 5.32 Å². The Labute approximate surface area is 106 Å². The van der Waals surface area contributed by atoms with Crippen molar-refractivity contribution in [3.63, 3.8) is 0 Å². The third-order valence-corrected chi connectivity index (χ3v) is 3.13. The zero-order valence-corrected chi connectivity index (χ0v) is 11.7. The second kappa shape index (κ2) is 10.7. The van der Waals surface area contributed by atoms with Gasteiger partial charge in [-0.05, 0) is 19.9 Å². The molecule has 0 saturated heterocycles. The zero-order chi connectivity index (χ0) is 13.1. The maximum Gasteiger partial charge on any atom is 0.138 e. The smallest absolute Gasteiger partial charge is 0.138 e. The summed E-state index contributed by atoms with van der Waals surface area (Å²) in [5, 5.41) is 12.5. The van der Waals surface area contributed by atoms with Gasteiger partial charge in [-0.1, -0.05) is 39.5 Å². The van der Waals surface area contributed by atoms with Crippen molar-refractivity contribution in [2.45, 2.75) is 64.9 Å². The van der Waals surface area contributed by atoms with Crippen LogP contribution in [0.15, 0.2) is 0 Å². The van der Waals surface area contributed by atoms with Gasteiger partial charge in [-0.25, -0.2) is 0 Å². The predicted molar refractivity (Wildman–Crippen MR) is 72.1 cm³/mol. The zero-order valence-electron chi connectivity index (χ0n) is 11.7. The molecule has 0 aromatic carbocycles. The Morgan fingerprint density at radius 1 is 1.18 bits per heavy atom. The lowest BCUT2D eigenvalue weighted by Gasteiger charge is -2.17. The number of carbonyl (C=O) groups is 1. The summed E-state index contributed by atoms with van der Waals surface area (Å²) < 4.78 is 0. The molecule has 2 unspecified atom stereocenters. The highest BCUT2D eigenvalue weighted by atomic mass is 16.3. The van der Waals surface area contributed by atoms with Crippen LogP contribution in [-0.4, -0.2) is 30.6 Å². The SMILES string of the molecule is CCCCCC(CCC)C(=O)CC(O)CNC. The van der Waals surface area contributed by atoms with Gasteiger partial charge >= 0.3 is 0 Å². The highest BCUT2D eigenvalue weighted by Gasteiger charge is 2.19. The van der Waals surface area contributed by atoms with Gasteiger partial charge in [0.25, 0.3) is 0 Å². The lowest BCUT2D eigenvalue weighted by atomic mass is 9.90. The minimum atomic E-state index is -0.530. The van der Waals surface area contributed by atoms with E-state index in [2.05, 4.69) is 19.2 Å². The molecule has 17 heavy (non-hydrogen) atoms. The predicted octanol–water partition coefficient (Wildman–Crippen LogP) is 2.52. The maximum absolute atomic E-state index is 12.0. The molecule has 2 atom stereocenters. The van der Waals surface area contributed by atoms with Gasteiger partial charge in [0, 0.05) is 18.9 Å². The Hall–Kier alpha value is -0.410. The minimum Gasteiger partial charge on any atom is -0.391 e. The van der Waals surface area contributed by atoms with E-state index in [-0.39, 0.29) is 11.7 Å². The number of carbonyl (C=O) groups excluding carboxylic acids is 1. The van der Waals surface area contributed by atoms with Crippen molar-refractivity contribution in [1.29, 1.82) is 0 Å². The van der Waals surface area contributed by atoms with E-state index < -0.39 is 6.10 Å². The van der Waals surface area contributed by atoms with Gasteiger partial charge in [0.2, 0.25) is 0 Å². The first-order valence-corrected chi connectivity index (χ1v) is 7.01. The van der Waals surface area contributed by atoms with Crippen LogP contribution in [0.2, 0.25) is 0 Å². The van der Waals surface area contributed by atoms with Gasteiger partial charge in [-0.15, -0.1) is 0 Å². The lowest BCUT2D eigenvalue weighted by Crippen LogP contribution is -2.28. The average Bonchev–Trinajstić information content (AvgIpc) is 2.28. The summed E-state index contributed by atoms with van der Waals surface area (Å²) >= 11 is 0. The first-order valence-electron chi connectivity index (χ1n) is 7.01. The highest BCUT2D eigenvalue weighted by molar-refractivity contribution is 5.81. The summed E-state index contributed by atoms with van der Waals surface area (Å²) in [7, 11) is 1.79. The second-order valence-corrected chi connectivity index (χ2v) is 4.86. The van der Waals surface area contributed by atoms with Crippen LogP contribution in [0.4, 0.5) is 0 Å². The number of nitrogens with one attached hydrogen (secondary N) is 1. The van der Waals surface area contributed by atoms with Gasteiger partial charge < -0.3 is 10.4 Å². The third kappa shape index (κ3) is 8.33. The molecular weight excluding hydrogens is 214 g/mol. The molecule has 0 aromatic rings. The van der Waals surface area contributed by atoms with Crippen LogP contribution in [0.3, 0.4) is 0 Å². The number of hydrogen-bond donors (Lipinski definition) is 2. The van der Waals surface area contributed by atoms with Gasteiger partial charge in [0.05, 0.1) is 6.10 Å². The van der Waals surface area contributed by atoms with E-state index in [1.165, 1.54) is 12.8 Å². The molecule has 0 heterocycles. The van der Waals surface area contributed by atoms with Crippen LogP contribution in [0.1, 0.15) is 58.8 Å². The largest absolute Gasteiger partial charge is 0.391 e. The van der Waals surface area contributed by atoms with Crippen LogP contribution in [0.25, 0.3) is 0 Å². The van der Waals surface area contributed by atoms with E-state index in [9.17, 15) is 9.90 Å². The van der Waals surface area contributed by atoms with Crippen LogP contribution in [0.5, 0.6) is 0 Å². The van der Waals surface area contributed by atoms with E-state index >= 15 is 0 Å². The fraction of sp³-hybridized carbons (Fsp3) is 0.929. The minimum absolute atomic E-state index is 0.165. The van der Waals surface area contributed by atoms with E-state index in [1.807, 2.05) is 0 Å². The second-order valence-electron chi connectivity index (χ2n) is 4.86.